The Labute approximate surface area is 181 Å². The predicted octanol–water partition coefficient (Wildman–Crippen LogP) is 2.24. The highest BCUT2D eigenvalue weighted by molar-refractivity contribution is 5.88. The van der Waals surface area contributed by atoms with Gasteiger partial charge in [0.15, 0.2) is 0 Å². The number of carbonyl (C=O) groups is 2. The van der Waals surface area contributed by atoms with Crippen molar-refractivity contribution >= 4 is 24.2 Å². The van der Waals surface area contributed by atoms with E-state index in [-0.39, 0.29) is 35.9 Å². The van der Waals surface area contributed by atoms with Crippen molar-refractivity contribution in [2.45, 2.75) is 12.8 Å². The molecule has 1 fully saturated rings. The SMILES string of the molecule is Cl.O=C(NCCc1cccc(F)c1)[C@@H]1CNC[C@H]1C(=O)NCCc1cccc(F)c1. The van der Waals surface area contributed by atoms with Gasteiger partial charge in [-0.2, -0.15) is 0 Å². The van der Waals surface area contributed by atoms with Crippen LogP contribution in [0.25, 0.3) is 0 Å². The summed E-state index contributed by atoms with van der Waals surface area (Å²) in [7, 11) is 0. The lowest BCUT2D eigenvalue weighted by Crippen LogP contribution is -2.42. The summed E-state index contributed by atoms with van der Waals surface area (Å²) in [5, 5.41) is 8.78. The summed E-state index contributed by atoms with van der Waals surface area (Å²) in [5.74, 6) is -1.87. The molecule has 1 saturated heterocycles. The Hall–Kier alpha value is -2.51. The van der Waals surface area contributed by atoms with Gasteiger partial charge >= 0.3 is 0 Å². The van der Waals surface area contributed by atoms with E-state index < -0.39 is 11.8 Å². The maximum Gasteiger partial charge on any atom is 0.225 e. The molecule has 1 aliphatic rings. The zero-order chi connectivity index (χ0) is 20.6. The van der Waals surface area contributed by atoms with Gasteiger partial charge in [0.2, 0.25) is 11.8 Å². The summed E-state index contributed by atoms with van der Waals surface area (Å²) in [6.45, 7) is 1.64. The molecule has 162 valence electrons. The fourth-order valence-electron chi connectivity index (χ4n) is 3.54. The summed E-state index contributed by atoms with van der Waals surface area (Å²) >= 11 is 0. The Morgan fingerprint density at radius 2 is 1.27 bits per heavy atom. The van der Waals surface area contributed by atoms with Gasteiger partial charge in [0, 0.05) is 26.2 Å². The smallest absolute Gasteiger partial charge is 0.225 e. The van der Waals surface area contributed by atoms with Crippen molar-refractivity contribution in [2.75, 3.05) is 26.2 Å². The molecule has 2 aromatic carbocycles. The summed E-state index contributed by atoms with van der Waals surface area (Å²) in [4.78, 5) is 25.0. The summed E-state index contributed by atoms with van der Waals surface area (Å²) in [5.41, 5.74) is 1.61. The Morgan fingerprint density at radius 1 is 0.833 bits per heavy atom. The molecular weight excluding hydrogens is 412 g/mol. The molecule has 1 heterocycles. The molecule has 2 atom stereocenters. The van der Waals surface area contributed by atoms with Gasteiger partial charge in [-0.15, -0.1) is 12.4 Å². The van der Waals surface area contributed by atoms with E-state index in [1.54, 1.807) is 24.3 Å². The largest absolute Gasteiger partial charge is 0.355 e. The minimum absolute atomic E-state index is 0. The van der Waals surface area contributed by atoms with Crippen molar-refractivity contribution in [2.24, 2.45) is 11.8 Å². The topological polar surface area (TPSA) is 70.2 Å². The third kappa shape index (κ3) is 6.78. The first-order valence-electron chi connectivity index (χ1n) is 9.78. The van der Waals surface area contributed by atoms with Gasteiger partial charge < -0.3 is 16.0 Å². The first-order chi connectivity index (χ1) is 14.0. The zero-order valence-electron chi connectivity index (χ0n) is 16.5. The van der Waals surface area contributed by atoms with E-state index in [9.17, 15) is 18.4 Å². The van der Waals surface area contributed by atoms with E-state index in [0.29, 0.717) is 39.0 Å². The van der Waals surface area contributed by atoms with Crippen molar-refractivity contribution in [3.05, 3.63) is 71.3 Å². The first kappa shape index (κ1) is 23.8. The van der Waals surface area contributed by atoms with E-state index in [0.717, 1.165) is 11.1 Å². The molecule has 0 aromatic heterocycles. The number of amides is 2. The van der Waals surface area contributed by atoms with Gasteiger partial charge in [-0.3, -0.25) is 9.59 Å². The van der Waals surface area contributed by atoms with Gasteiger partial charge in [0.05, 0.1) is 11.8 Å². The van der Waals surface area contributed by atoms with Gasteiger partial charge in [0.1, 0.15) is 11.6 Å². The molecule has 0 bridgehead atoms. The number of hydrogen-bond donors (Lipinski definition) is 3. The van der Waals surface area contributed by atoms with Crippen LogP contribution in [0.3, 0.4) is 0 Å². The number of rotatable bonds is 8. The highest BCUT2D eigenvalue weighted by Gasteiger charge is 2.37. The van der Waals surface area contributed by atoms with Crippen LogP contribution in [-0.4, -0.2) is 38.0 Å². The monoisotopic (exact) mass is 437 g/mol. The molecule has 8 heteroatoms. The van der Waals surface area contributed by atoms with Gasteiger partial charge in [0.25, 0.3) is 0 Å². The van der Waals surface area contributed by atoms with Crippen molar-refractivity contribution < 1.29 is 18.4 Å². The second-order valence-electron chi connectivity index (χ2n) is 7.21. The summed E-state index contributed by atoms with van der Waals surface area (Å²) in [6, 6.07) is 12.5. The number of nitrogens with one attached hydrogen (secondary N) is 3. The van der Waals surface area contributed by atoms with Crippen molar-refractivity contribution in [3.63, 3.8) is 0 Å². The van der Waals surface area contributed by atoms with E-state index in [1.165, 1.54) is 24.3 Å². The molecule has 2 amide bonds. The number of carbonyl (C=O) groups excluding carboxylic acids is 2. The quantitative estimate of drug-likeness (QED) is 0.593. The van der Waals surface area contributed by atoms with Crippen LogP contribution in [-0.2, 0) is 22.4 Å². The van der Waals surface area contributed by atoms with Crippen LogP contribution in [0.2, 0.25) is 0 Å². The van der Waals surface area contributed by atoms with Crippen LogP contribution in [0.15, 0.2) is 48.5 Å². The lowest BCUT2D eigenvalue weighted by molar-refractivity contribution is -0.132. The molecule has 30 heavy (non-hydrogen) atoms. The second-order valence-corrected chi connectivity index (χ2v) is 7.21. The van der Waals surface area contributed by atoms with Crippen molar-refractivity contribution in [3.8, 4) is 0 Å². The Morgan fingerprint density at radius 3 is 1.67 bits per heavy atom. The van der Waals surface area contributed by atoms with Gasteiger partial charge in [-0.1, -0.05) is 24.3 Å². The highest BCUT2D eigenvalue weighted by Crippen LogP contribution is 2.17. The van der Waals surface area contributed by atoms with E-state index in [2.05, 4.69) is 16.0 Å². The molecule has 0 radical (unpaired) electrons. The standard InChI is InChI=1S/C22H25F2N3O2.ClH/c23-17-5-1-3-15(11-17)7-9-26-21(28)19-13-25-14-20(19)22(29)27-10-8-16-4-2-6-18(24)12-16;/h1-6,11-12,19-20,25H,7-10,13-14H2,(H,26,28)(H,27,29);1H/t19-,20-;/m1./s1. The second kappa shape index (κ2) is 11.6. The van der Waals surface area contributed by atoms with Crippen molar-refractivity contribution in [1.29, 1.82) is 0 Å². The normalized spacial score (nSPS) is 17.8. The molecule has 2 aromatic rings. The minimum Gasteiger partial charge on any atom is -0.355 e. The fraction of sp³-hybridized carbons (Fsp3) is 0.364. The van der Waals surface area contributed by atoms with Crippen LogP contribution >= 0.6 is 12.4 Å². The summed E-state index contributed by atoms with van der Waals surface area (Å²) in [6.07, 6.45) is 1.04. The average Bonchev–Trinajstić information content (AvgIpc) is 3.18. The van der Waals surface area contributed by atoms with E-state index >= 15 is 0 Å². The highest BCUT2D eigenvalue weighted by atomic mass is 35.5. The minimum atomic E-state index is -0.448. The molecule has 0 spiro atoms. The van der Waals surface area contributed by atoms with Crippen LogP contribution in [0, 0.1) is 23.5 Å². The molecule has 0 saturated carbocycles. The number of halogens is 3. The van der Waals surface area contributed by atoms with Gasteiger partial charge in [-0.05, 0) is 48.2 Å². The Balaban J connectivity index is 0.00000320. The van der Waals surface area contributed by atoms with E-state index in [1.807, 2.05) is 0 Å². The van der Waals surface area contributed by atoms with Gasteiger partial charge in [-0.25, -0.2) is 8.78 Å². The number of benzene rings is 2. The molecule has 3 N–H and O–H groups in total. The maximum absolute atomic E-state index is 13.2. The Kier molecular flexibility index (Phi) is 9.20. The predicted molar refractivity (Wildman–Crippen MR) is 113 cm³/mol. The third-order valence-electron chi connectivity index (χ3n) is 5.09. The first-order valence-corrected chi connectivity index (χ1v) is 9.78. The van der Waals surface area contributed by atoms with Crippen molar-refractivity contribution in [1.82, 2.24) is 16.0 Å². The van der Waals surface area contributed by atoms with Crippen LogP contribution in [0.4, 0.5) is 8.78 Å². The van der Waals surface area contributed by atoms with Crippen LogP contribution in [0.5, 0.6) is 0 Å². The summed E-state index contributed by atoms with van der Waals surface area (Å²) < 4.78 is 26.4. The molecular formula is C22H26ClF2N3O2. The number of hydrogen-bond acceptors (Lipinski definition) is 3. The van der Waals surface area contributed by atoms with E-state index in [4.69, 9.17) is 0 Å². The fourth-order valence-corrected chi connectivity index (χ4v) is 3.54. The maximum atomic E-state index is 13.2. The lowest BCUT2D eigenvalue weighted by atomic mass is 9.94. The molecule has 3 rings (SSSR count). The lowest BCUT2D eigenvalue weighted by Gasteiger charge is -2.18. The average molecular weight is 438 g/mol. The molecule has 0 unspecified atom stereocenters. The molecule has 1 aliphatic heterocycles. The Bertz CT molecular complexity index is 796. The molecule has 0 aliphatic carbocycles. The third-order valence-corrected chi connectivity index (χ3v) is 5.09. The molecule has 5 nitrogen and oxygen atoms in total. The zero-order valence-corrected chi connectivity index (χ0v) is 17.3. The van der Waals surface area contributed by atoms with Crippen LogP contribution in [0.1, 0.15) is 11.1 Å². The van der Waals surface area contributed by atoms with Crippen LogP contribution < -0.4 is 16.0 Å².